The Morgan fingerprint density at radius 3 is 2.36 bits per heavy atom. The number of aliphatic hydroxyl groups is 1. The molecule has 84 valence electrons. The third kappa shape index (κ3) is 4.33. The smallest absolute Gasteiger partial charge is 0.338 e. The molecule has 0 aliphatic rings. The minimum Gasteiger partial charge on any atom is -0.467 e. The van der Waals surface area contributed by atoms with Crippen molar-refractivity contribution in [3.63, 3.8) is 0 Å². The van der Waals surface area contributed by atoms with Crippen LogP contribution in [0.3, 0.4) is 0 Å². The Morgan fingerprint density at radius 1 is 1.50 bits per heavy atom. The molecule has 0 fully saturated rings. The molecule has 0 saturated heterocycles. The van der Waals surface area contributed by atoms with Crippen LogP contribution in [0.5, 0.6) is 0 Å². The van der Waals surface area contributed by atoms with Crippen LogP contribution in [0.2, 0.25) is 0 Å². The minimum atomic E-state index is -1.37. The zero-order valence-electron chi connectivity index (χ0n) is 9.53. The third-order valence-corrected chi connectivity index (χ3v) is 3.99. The van der Waals surface area contributed by atoms with Gasteiger partial charge in [0.05, 0.1) is 7.11 Å². The number of carbonyl (C=O) groups excluding carboxylic acids is 1. The summed E-state index contributed by atoms with van der Waals surface area (Å²) in [5, 5.41) is 10.1. The molecule has 0 bridgehead atoms. The van der Waals surface area contributed by atoms with E-state index >= 15 is 0 Å². The summed E-state index contributed by atoms with van der Waals surface area (Å²) in [6, 6.07) is 0. The summed E-state index contributed by atoms with van der Waals surface area (Å²) in [4.78, 5) is 11.1. The summed E-state index contributed by atoms with van der Waals surface area (Å²) < 4.78 is 4.51. The van der Waals surface area contributed by atoms with Gasteiger partial charge in [0.15, 0.2) is 5.60 Å². The number of esters is 1. The first-order valence-electron chi connectivity index (χ1n) is 4.73. The lowest BCUT2D eigenvalue weighted by Gasteiger charge is -2.23. The van der Waals surface area contributed by atoms with E-state index in [1.807, 2.05) is 0 Å². The van der Waals surface area contributed by atoms with Gasteiger partial charge in [0.25, 0.3) is 0 Å². The summed E-state index contributed by atoms with van der Waals surface area (Å²) in [6.45, 7) is 7.80. The lowest BCUT2D eigenvalue weighted by atomic mass is 10.1. The summed E-state index contributed by atoms with van der Waals surface area (Å²) in [7, 11) is 1.29. The van der Waals surface area contributed by atoms with E-state index in [0.29, 0.717) is 16.9 Å². The number of ether oxygens (including phenoxy) is 1. The summed E-state index contributed by atoms with van der Waals surface area (Å²) in [5.41, 5.74) is -1.37. The molecule has 3 nitrogen and oxygen atoms in total. The molecule has 1 N–H and O–H groups in total. The van der Waals surface area contributed by atoms with E-state index in [1.165, 1.54) is 14.0 Å². The van der Waals surface area contributed by atoms with Crippen LogP contribution < -0.4 is 0 Å². The molecule has 4 heteroatoms. The highest BCUT2D eigenvalue weighted by atomic mass is 32.2. The average molecular weight is 220 g/mol. The van der Waals surface area contributed by atoms with Gasteiger partial charge in [-0.3, -0.25) is 0 Å². The van der Waals surface area contributed by atoms with Crippen LogP contribution in [-0.4, -0.2) is 34.8 Å². The third-order valence-electron chi connectivity index (χ3n) is 2.19. The van der Waals surface area contributed by atoms with Crippen LogP contribution in [0.15, 0.2) is 0 Å². The van der Waals surface area contributed by atoms with Crippen molar-refractivity contribution >= 4 is 17.7 Å². The average Bonchev–Trinajstić information content (AvgIpc) is 2.12. The van der Waals surface area contributed by atoms with Crippen LogP contribution in [0.25, 0.3) is 0 Å². The molecule has 0 amide bonds. The van der Waals surface area contributed by atoms with E-state index in [-0.39, 0.29) is 0 Å². The van der Waals surface area contributed by atoms with Gasteiger partial charge in [0.1, 0.15) is 0 Å². The first-order chi connectivity index (χ1) is 6.31. The first kappa shape index (κ1) is 13.8. The standard InChI is InChI=1S/C10H20O3S/c1-7(2)8(3)14-6-10(4,12)9(11)13-5/h7-8,12H,6H2,1-5H3. The molecule has 0 spiro atoms. The highest BCUT2D eigenvalue weighted by molar-refractivity contribution is 8.00. The van der Waals surface area contributed by atoms with Crippen LogP contribution >= 0.6 is 11.8 Å². The van der Waals surface area contributed by atoms with Crippen LogP contribution in [0.1, 0.15) is 27.7 Å². The van der Waals surface area contributed by atoms with Crippen molar-refractivity contribution < 1.29 is 14.6 Å². The molecular weight excluding hydrogens is 200 g/mol. The SMILES string of the molecule is COC(=O)C(C)(O)CSC(C)C(C)C. The number of carbonyl (C=O) groups is 1. The maximum atomic E-state index is 11.1. The van der Waals surface area contributed by atoms with Gasteiger partial charge in [-0.25, -0.2) is 4.79 Å². The van der Waals surface area contributed by atoms with Gasteiger partial charge in [-0.2, -0.15) is 11.8 Å². The van der Waals surface area contributed by atoms with Crippen molar-refractivity contribution in [2.75, 3.05) is 12.9 Å². The van der Waals surface area contributed by atoms with Crippen molar-refractivity contribution in [3.8, 4) is 0 Å². The van der Waals surface area contributed by atoms with Gasteiger partial charge in [-0.15, -0.1) is 0 Å². The number of methoxy groups -OCH3 is 1. The van der Waals surface area contributed by atoms with Crippen molar-refractivity contribution in [2.24, 2.45) is 5.92 Å². The first-order valence-corrected chi connectivity index (χ1v) is 5.78. The predicted molar refractivity (Wildman–Crippen MR) is 59.4 cm³/mol. The normalized spacial score (nSPS) is 17.6. The molecule has 0 aromatic heterocycles. The van der Waals surface area contributed by atoms with E-state index in [0.717, 1.165) is 0 Å². The Kier molecular flexibility index (Phi) is 5.52. The highest BCUT2D eigenvalue weighted by Crippen LogP contribution is 2.23. The summed E-state index contributed by atoms with van der Waals surface area (Å²) in [5.74, 6) is 0.341. The summed E-state index contributed by atoms with van der Waals surface area (Å²) in [6.07, 6.45) is 0. The fraction of sp³-hybridized carbons (Fsp3) is 0.900. The molecule has 0 aromatic carbocycles. The van der Waals surface area contributed by atoms with Gasteiger partial charge in [0.2, 0.25) is 0 Å². The van der Waals surface area contributed by atoms with Gasteiger partial charge < -0.3 is 9.84 Å². The molecule has 0 saturated carbocycles. The number of rotatable bonds is 5. The summed E-state index contributed by atoms with van der Waals surface area (Å²) >= 11 is 1.58. The molecule has 0 radical (unpaired) electrons. The number of thioether (sulfide) groups is 1. The van der Waals surface area contributed by atoms with Crippen molar-refractivity contribution in [1.29, 1.82) is 0 Å². The van der Waals surface area contributed by atoms with E-state index in [2.05, 4.69) is 25.5 Å². The molecule has 0 aromatic rings. The van der Waals surface area contributed by atoms with E-state index in [1.54, 1.807) is 11.8 Å². The van der Waals surface area contributed by atoms with Crippen molar-refractivity contribution in [2.45, 2.75) is 38.5 Å². The fourth-order valence-corrected chi connectivity index (χ4v) is 1.86. The molecule has 14 heavy (non-hydrogen) atoms. The van der Waals surface area contributed by atoms with Crippen molar-refractivity contribution in [3.05, 3.63) is 0 Å². The van der Waals surface area contributed by atoms with Gasteiger partial charge in [-0.05, 0) is 12.8 Å². The Balaban J connectivity index is 4.05. The molecule has 2 atom stereocenters. The van der Waals surface area contributed by atoms with Crippen LogP contribution in [0.4, 0.5) is 0 Å². The largest absolute Gasteiger partial charge is 0.467 e. The van der Waals surface area contributed by atoms with Crippen molar-refractivity contribution in [1.82, 2.24) is 0 Å². The van der Waals surface area contributed by atoms with Crippen LogP contribution in [0, 0.1) is 5.92 Å². The van der Waals surface area contributed by atoms with Gasteiger partial charge in [0, 0.05) is 11.0 Å². The second kappa shape index (κ2) is 5.61. The Morgan fingerprint density at radius 2 is 2.00 bits per heavy atom. The molecule has 0 rings (SSSR count). The van der Waals surface area contributed by atoms with E-state index in [9.17, 15) is 9.90 Å². The number of hydrogen-bond donors (Lipinski definition) is 1. The maximum absolute atomic E-state index is 11.1. The lowest BCUT2D eigenvalue weighted by Crippen LogP contribution is -2.39. The van der Waals surface area contributed by atoms with Gasteiger partial charge >= 0.3 is 5.97 Å². The van der Waals surface area contributed by atoms with Gasteiger partial charge in [-0.1, -0.05) is 20.8 Å². The lowest BCUT2D eigenvalue weighted by molar-refractivity contribution is -0.158. The monoisotopic (exact) mass is 220 g/mol. The second-order valence-corrected chi connectivity index (χ2v) is 5.39. The second-order valence-electron chi connectivity index (χ2n) is 4.03. The predicted octanol–water partition coefficient (Wildman–Crippen LogP) is 1.69. The Labute approximate surface area is 90.2 Å². The number of hydrogen-bond acceptors (Lipinski definition) is 4. The Bertz CT molecular complexity index is 190. The van der Waals surface area contributed by atoms with E-state index < -0.39 is 11.6 Å². The van der Waals surface area contributed by atoms with E-state index in [4.69, 9.17) is 0 Å². The molecular formula is C10H20O3S. The quantitative estimate of drug-likeness (QED) is 0.716. The molecule has 0 heterocycles. The minimum absolute atomic E-state index is 0.374. The molecule has 2 unspecified atom stereocenters. The zero-order chi connectivity index (χ0) is 11.4. The molecule has 0 aliphatic carbocycles. The fourth-order valence-electron chi connectivity index (χ4n) is 0.765. The highest BCUT2D eigenvalue weighted by Gasteiger charge is 2.32. The molecule has 0 aliphatic heterocycles. The Hall–Kier alpha value is -0.220. The maximum Gasteiger partial charge on any atom is 0.338 e. The zero-order valence-corrected chi connectivity index (χ0v) is 10.4. The van der Waals surface area contributed by atoms with Crippen LogP contribution in [-0.2, 0) is 9.53 Å². The topological polar surface area (TPSA) is 46.5 Å².